The zero-order chi connectivity index (χ0) is 36.3. The smallest absolute Gasteiger partial charge is 0.113 e. The molecule has 4 heteroatoms. The van der Waals surface area contributed by atoms with E-state index < -0.39 is 16.1 Å². The molecule has 0 N–H and O–H groups in total. The van der Waals surface area contributed by atoms with Gasteiger partial charge in [0.2, 0.25) is 0 Å². The van der Waals surface area contributed by atoms with E-state index >= 15 is 0 Å². The van der Waals surface area contributed by atoms with Gasteiger partial charge in [0, 0.05) is 37.2 Å². The molecule has 1 aromatic heterocycles. The zero-order valence-corrected chi connectivity index (χ0v) is 33.8. The highest BCUT2D eigenvalue weighted by atomic mass is 32.1. The lowest BCUT2D eigenvalue weighted by Crippen LogP contribution is -2.49. The molecule has 8 aromatic carbocycles. The molecule has 0 fully saturated rings. The Hall–Kier alpha value is -5.53. The van der Waals surface area contributed by atoms with Gasteiger partial charge in [0.1, 0.15) is 16.1 Å². The summed E-state index contributed by atoms with van der Waals surface area (Å²) in [7, 11) is -3.69. The van der Waals surface area contributed by atoms with Crippen LogP contribution in [-0.4, -0.2) is 16.1 Å². The first-order chi connectivity index (χ1) is 26.3. The van der Waals surface area contributed by atoms with Crippen molar-refractivity contribution in [3.05, 3.63) is 164 Å². The monoisotopic (exact) mass is 741 g/mol. The van der Waals surface area contributed by atoms with Crippen molar-refractivity contribution in [3.63, 3.8) is 0 Å². The highest BCUT2D eigenvalue weighted by Gasteiger charge is 2.40. The number of benzene rings is 8. The van der Waals surface area contributed by atoms with Crippen LogP contribution < -0.4 is 25.6 Å². The minimum Gasteiger partial charge on any atom is -0.310 e. The first-order valence-corrected chi connectivity index (χ1v) is 25.8. The Kier molecular flexibility index (Phi) is 6.80. The summed E-state index contributed by atoms with van der Waals surface area (Å²) in [5.41, 5.74) is 11.7. The molecule has 0 unspecified atom stereocenters. The average Bonchev–Trinajstić information content (AvgIpc) is 3.77. The summed E-state index contributed by atoms with van der Waals surface area (Å²) in [6, 6.07) is 62.1. The largest absolute Gasteiger partial charge is 0.310 e. The number of nitrogens with zero attached hydrogens (tertiary/aromatic N) is 1. The highest BCUT2D eigenvalue weighted by Crippen LogP contribution is 2.45. The molecule has 0 spiro atoms. The molecule has 0 radical (unpaired) electrons. The minimum absolute atomic E-state index is 1.16. The lowest BCUT2D eigenvalue weighted by molar-refractivity contribution is 1.29. The SMILES string of the molecule is C[Si]1(C)c2ccccc2-c2cc(N(c3ccc(-c4ccc5ccccc5c4)cc3)c3ccc4c(c3)-c3c(ccc5c3sc3ccccc35)[Si]4(C)C)ccc21. The Morgan fingerprint density at radius 3 is 1.81 bits per heavy atom. The molecule has 9 aromatic rings. The first kappa shape index (κ1) is 32.0. The molecular formula is C50H39NSSi2. The summed E-state index contributed by atoms with van der Waals surface area (Å²) >= 11 is 1.96. The van der Waals surface area contributed by atoms with Gasteiger partial charge in [-0.3, -0.25) is 0 Å². The Morgan fingerprint density at radius 1 is 0.407 bits per heavy atom. The number of thiophene rings is 1. The molecular weight excluding hydrogens is 703 g/mol. The first-order valence-electron chi connectivity index (χ1n) is 19.0. The fourth-order valence-electron chi connectivity index (χ4n) is 9.61. The molecule has 0 saturated carbocycles. The van der Waals surface area contributed by atoms with Crippen molar-refractivity contribution < 1.29 is 0 Å². The van der Waals surface area contributed by atoms with Crippen molar-refractivity contribution in [2.24, 2.45) is 0 Å². The van der Waals surface area contributed by atoms with Crippen LogP contribution in [0.15, 0.2) is 164 Å². The molecule has 0 amide bonds. The maximum atomic E-state index is 2.53. The van der Waals surface area contributed by atoms with Crippen molar-refractivity contribution in [1.82, 2.24) is 0 Å². The van der Waals surface area contributed by atoms with Crippen LogP contribution in [0.5, 0.6) is 0 Å². The number of rotatable bonds is 4. The van der Waals surface area contributed by atoms with Crippen LogP contribution in [0.2, 0.25) is 26.2 Å². The molecule has 0 bridgehead atoms. The second-order valence-electron chi connectivity index (χ2n) is 16.2. The fraction of sp³-hybridized carbons (Fsp3) is 0.0800. The van der Waals surface area contributed by atoms with Gasteiger partial charge in [0.25, 0.3) is 0 Å². The van der Waals surface area contributed by atoms with Crippen molar-refractivity contribution in [2.45, 2.75) is 26.2 Å². The lowest BCUT2D eigenvalue weighted by Gasteiger charge is -2.28. The third-order valence-corrected chi connectivity index (χ3v) is 20.8. The molecule has 2 aliphatic heterocycles. The molecule has 2 aliphatic rings. The van der Waals surface area contributed by atoms with E-state index in [0.29, 0.717) is 0 Å². The van der Waals surface area contributed by atoms with Crippen LogP contribution in [0.4, 0.5) is 17.1 Å². The van der Waals surface area contributed by atoms with Gasteiger partial charge in [0.15, 0.2) is 0 Å². The zero-order valence-electron chi connectivity index (χ0n) is 30.9. The Morgan fingerprint density at radius 2 is 1.00 bits per heavy atom. The summed E-state index contributed by atoms with van der Waals surface area (Å²) in [6.45, 7) is 10.1. The van der Waals surface area contributed by atoms with E-state index in [1.807, 2.05) is 11.3 Å². The maximum absolute atomic E-state index is 2.53. The van der Waals surface area contributed by atoms with E-state index in [0.717, 1.165) is 5.69 Å². The topological polar surface area (TPSA) is 3.24 Å². The minimum atomic E-state index is -1.91. The van der Waals surface area contributed by atoms with Gasteiger partial charge in [0.05, 0.1) is 0 Å². The molecule has 0 aliphatic carbocycles. The van der Waals surface area contributed by atoms with E-state index in [9.17, 15) is 0 Å². The van der Waals surface area contributed by atoms with E-state index in [1.165, 1.54) is 91.3 Å². The summed E-state index contributed by atoms with van der Waals surface area (Å²) in [5, 5.41) is 11.4. The summed E-state index contributed by atoms with van der Waals surface area (Å²) in [4.78, 5) is 2.50. The van der Waals surface area contributed by atoms with Gasteiger partial charge in [-0.25, -0.2) is 0 Å². The van der Waals surface area contributed by atoms with Crippen molar-refractivity contribution in [2.75, 3.05) is 4.90 Å². The third-order valence-electron chi connectivity index (χ3n) is 12.5. The maximum Gasteiger partial charge on any atom is 0.113 e. The number of hydrogen-bond donors (Lipinski definition) is 0. The summed E-state index contributed by atoms with van der Waals surface area (Å²) in [5.74, 6) is 0. The Labute approximate surface area is 322 Å². The highest BCUT2D eigenvalue weighted by molar-refractivity contribution is 7.26. The molecule has 258 valence electrons. The second-order valence-corrected chi connectivity index (χ2v) is 25.9. The Balaban J connectivity index is 1.11. The standard InChI is InChI=1S/C50H39NSSi2/c1-53(2)45-16-10-8-14-40(45)42-30-37(23-26-46(42)53)51(36-21-19-33(20-22-36)35-18-17-32-11-5-6-12-34(32)29-35)38-24-27-47-43(31-38)49-48(54(47,3)4)28-25-41-39-13-7-9-15-44(39)52-50(41)49/h5-31H,1-4H3. The van der Waals surface area contributed by atoms with E-state index in [4.69, 9.17) is 0 Å². The van der Waals surface area contributed by atoms with Gasteiger partial charge in [-0.15, -0.1) is 11.3 Å². The number of fused-ring (bicyclic) bond motifs is 11. The van der Waals surface area contributed by atoms with Gasteiger partial charge in [-0.2, -0.15) is 0 Å². The normalized spacial score (nSPS) is 14.6. The average molecular weight is 742 g/mol. The second kappa shape index (κ2) is 11.5. The van der Waals surface area contributed by atoms with Crippen LogP contribution in [0.3, 0.4) is 0 Å². The molecule has 11 rings (SSSR count). The molecule has 0 atom stereocenters. The van der Waals surface area contributed by atoms with Gasteiger partial charge >= 0.3 is 0 Å². The lowest BCUT2D eigenvalue weighted by atomic mass is 10.00. The fourth-order valence-corrected chi connectivity index (χ4v) is 17.1. The Bertz CT molecular complexity index is 3010. The van der Waals surface area contributed by atoms with Gasteiger partial charge < -0.3 is 4.90 Å². The van der Waals surface area contributed by atoms with Crippen LogP contribution >= 0.6 is 11.3 Å². The predicted molar refractivity (Wildman–Crippen MR) is 241 cm³/mol. The molecule has 54 heavy (non-hydrogen) atoms. The third kappa shape index (κ3) is 4.54. The predicted octanol–water partition coefficient (Wildman–Crippen LogP) is 12.0. The van der Waals surface area contributed by atoms with E-state index in [1.54, 1.807) is 5.19 Å². The van der Waals surface area contributed by atoms with Crippen LogP contribution in [0.1, 0.15) is 0 Å². The number of hydrogen-bond acceptors (Lipinski definition) is 2. The van der Waals surface area contributed by atoms with Crippen molar-refractivity contribution >= 4 is 96.2 Å². The quantitative estimate of drug-likeness (QED) is 0.162. The summed E-state index contributed by atoms with van der Waals surface area (Å²) < 4.78 is 2.79. The van der Waals surface area contributed by atoms with Crippen LogP contribution in [0, 0.1) is 0 Å². The van der Waals surface area contributed by atoms with E-state index in [2.05, 4.69) is 195 Å². The van der Waals surface area contributed by atoms with E-state index in [-0.39, 0.29) is 0 Å². The number of anilines is 3. The molecule has 1 nitrogen and oxygen atoms in total. The van der Waals surface area contributed by atoms with Crippen LogP contribution in [0.25, 0.3) is 64.3 Å². The molecule has 3 heterocycles. The van der Waals surface area contributed by atoms with Gasteiger partial charge in [-0.05, 0) is 113 Å². The summed E-state index contributed by atoms with van der Waals surface area (Å²) in [6.07, 6.45) is 0. The van der Waals surface area contributed by atoms with Crippen LogP contribution in [-0.2, 0) is 0 Å². The molecule has 0 saturated heterocycles. The van der Waals surface area contributed by atoms with Gasteiger partial charge in [-0.1, -0.05) is 141 Å². The van der Waals surface area contributed by atoms with Crippen molar-refractivity contribution in [3.8, 4) is 33.4 Å². The van der Waals surface area contributed by atoms with Crippen molar-refractivity contribution in [1.29, 1.82) is 0 Å².